The van der Waals surface area contributed by atoms with E-state index in [4.69, 9.17) is 0 Å². The van der Waals surface area contributed by atoms with Gasteiger partial charge in [-0.2, -0.15) is 0 Å². The van der Waals surface area contributed by atoms with Gasteiger partial charge >= 0.3 is 5.97 Å². The molecule has 1 amide bonds. The average Bonchev–Trinajstić information content (AvgIpc) is 2.95. The summed E-state index contributed by atoms with van der Waals surface area (Å²) in [7, 11) is 0. The molecule has 0 bridgehead atoms. The predicted molar refractivity (Wildman–Crippen MR) is 82.4 cm³/mol. The fourth-order valence-corrected chi connectivity index (χ4v) is 3.88. The highest BCUT2D eigenvalue weighted by molar-refractivity contribution is 7.17. The number of carboxylic acid groups (broad SMARTS) is 1. The van der Waals surface area contributed by atoms with Crippen molar-refractivity contribution in [3.05, 3.63) is 37.9 Å². The number of carbonyl (C=O) groups is 2. The number of thiophene rings is 2. The Morgan fingerprint density at radius 2 is 2.05 bits per heavy atom. The lowest BCUT2D eigenvalue weighted by Gasteiger charge is -2.04. The van der Waals surface area contributed by atoms with Crippen LogP contribution in [0.25, 0.3) is 0 Å². The number of aryl methyl sites for hydroxylation is 2. The second-order valence-electron chi connectivity index (χ2n) is 4.38. The minimum atomic E-state index is -1.01. The number of nitrogens with one attached hydrogen (secondary N) is 1. The molecule has 2 aromatic heterocycles. The lowest BCUT2D eigenvalue weighted by molar-refractivity contribution is 0.0697. The fourth-order valence-electron chi connectivity index (χ4n) is 1.95. The van der Waals surface area contributed by atoms with Crippen LogP contribution in [0.3, 0.4) is 0 Å². The number of hydrogen-bond donors (Lipinski definition) is 2. The highest BCUT2D eigenvalue weighted by Crippen LogP contribution is 2.33. The smallest absolute Gasteiger partial charge is 0.338 e. The van der Waals surface area contributed by atoms with Gasteiger partial charge in [-0.3, -0.25) is 4.79 Å². The molecule has 2 rings (SSSR count). The van der Waals surface area contributed by atoms with Crippen LogP contribution in [0.5, 0.6) is 0 Å². The molecule has 0 aromatic carbocycles. The van der Waals surface area contributed by atoms with Crippen molar-refractivity contribution in [2.24, 2.45) is 0 Å². The molecule has 2 N–H and O–H groups in total. The molecule has 0 saturated carbocycles. The Morgan fingerprint density at radius 1 is 1.35 bits per heavy atom. The van der Waals surface area contributed by atoms with Crippen molar-refractivity contribution in [3.8, 4) is 0 Å². The van der Waals surface area contributed by atoms with E-state index >= 15 is 0 Å². The summed E-state index contributed by atoms with van der Waals surface area (Å²) in [5.41, 5.74) is 1.88. The van der Waals surface area contributed by atoms with E-state index in [9.17, 15) is 14.7 Å². The largest absolute Gasteiger partial charge is 0.478 e. The number of rotatable bonds is 4. The van der Waals surface area contributed by atoms with Crippen LogP contribution in [0.2, 0.25) is 0 Å². The average molecular weight is 309 g/mol. The standard InChI is InChI=1S/C14H15NO3S2/c1-4-9-5-6-19-11(9)12(16)15-13-10(14(17)18)7(2)8(3)20-13/h5-6H,4H2,1-3H3,(H,15,16)(H,17,18). The number of anilines is 1. The number of carboxylic acids is 1. The van der Waals surface area contributed by atoms with Gasteiger partial charge in [0.25, 0.3) is 5.91 Å². The quantitative estimate of drug-likeness (QED) is 0.899. The van der Waals surface area contributed by atoms with Crippen molar-refractivity contribution in [1.82, 2.24) is 0 Å². The Morgan fingerprint density at radius 3 is 2.65 bits per heavy atom. The highest BCUT2D eigenvalue weighted by Gasteiger charge is 2.21. The van der Waals surface area contributed by atoms with E-state index in [0.717, 1.165) is 16.9 Å². The summed E-state index contributed by atoms with van der Waals surface area (Å²) in [6, 6.07) is 1.92. The summed E-state index contributed by atoms with van der Waals surface area (Å²) in [6.07, 6.45) is 0.778. The van der Waals surface area contributed by atoms with Gasteiger partial charge in [-0.15, -0.1) is 22.7 Å². The molecule has 106 valence electrons. The minimum absolute atomic E-state index is 0.190. The van der Waals surface area contributed by atoms with Gasteiger partial charge < -0.3 is 10.4 Å². The van der Waals surface area contributed by atoms with Crippen LogP contribution >= 0.6 is 22.7 Å². The monoisotopic (exact) mass is 309 g/mol. The molecule has 0 aliphatic rings. The Bertz CT molecular complexity index is 670. The Balaban J connectivity index is 2.33. The van der Waals surface area contributed by atoms with Crippen LogP contribution in [0.1, 0.15) is 43.0 Å². The maximum absolute atomic E-state index is 12.3. The van der Waals surface area contributed by atoms with Crippen molar-refractivity contribution >= 4 is 39.6 Å². The third kappa shape index (κ3) is 2.62. The maximum Gasteiger partial charge on any atom is 0.338 e. The van der Waals surface area contributed by atoms with Gasteiger partial charge in [0, 0.05) is 4.88 Å². The molecule has 0 saturated heterocycles. The summed E-state index contributed by atoms with van der Waals surface area (Å²) in [5.74, 6) is -1.25. The first-order valence-electron chi connectivity index (χ1n) is 6.16. The molecule has 0 radical (unpaired) electrons. The molecule has 20 heavy (non-hydrogen) atoms. The topological polar surface area (TPSA) is 66.4 Å². The van der Waals surface area contributed by atoms with E-state index in [1.165, 1.54) is 22.7 Å². The first-order valence-corrected chi connectivity index (χ1v) is 7.86. The molecule has 0 unspecified atom stereocenters. The zero-order valence-corrected chi connectivity index (χ0v) is 13.1. The fraction of sp³-hybridized carbons (Fsp3) is 0.286. The molecule has 6 heteroatoms. The van der Waals surface area contributed by atoms with Gasteiger partial charge in [-0.1, -0.05) is 6.92 Å². The third-order valence-corrected chi connectivity index (χ3v) is 5.24. The van der Waals surface area contributed by atoms with E-state index in [2.05, 4.69) is 5.32 Å². The second-order valence-corrected chi connectivity index (χ2v) is 6.52. The lowest BCUT2D eigenvalue weighted by atomic mass is 10.1. The van der Waals surface area contributed by atoms with Crippen LogP contribution in [0.15, 0.2) is 11.4 Å². The van der Waals surface area contributed by atoms with Crippen molar-refractivity contribution in [1.29, 1.82) is 0 Å². The summed E-state index contributed by atoms with van der Waals surface area (Å²) < 4.78 is 0. The van der Waals surface area contributed by atoms with E-state index in [1.54, 1.807) is 6.92 Å². The van der Waals surface area contributed by atoms with Gasteiger partial charge in [0.05, 0.1) is 10.4 Å². The number of aromatic carboxylic acids is 1. The van der Waals surface area contributed by atoms with Crippen molar-refractivity contribution in [3.63, 3.8) is 0 Å². The summed E-state index contributed by atoms with van der Waals surface area (Å²) in [6.45, 7) is 5.60. The number of carbonyl (C=O) groups excluding carboxylic acids is 1. The summed E-state index contributed by atoms with van der Waals surface area (Å²) >= 11 is 2.67. The summed E-state index contributed by atoms with van der Waals surface area (Å²) in [5, 5.41) is 14.3. The molecule has 0 spiro atoms. The van der Waals surface area contributed by atoms with Crippen molar-refractivity contribution in [2.75, 3.05) is 5.32 Å². The molecule has 2 heterocycles. The van der Waals surface area contributed by atoms with Gasteiger partial charge in [0.15, 0.2) is 0 Å². The second kappa shape index (κ2) is 5.76. The van der Waals surface area contributed by atoms with E-state index in [-0.39, 0.29) is 11.5 Å². The Kier molecular flexibility index (Phi) is 4.25. The van der Waals surface area contributed by atoms with E-state index < -0.39 is 5.97 Å². The normalized spacial score (nSPS) is 10.6. The van der Waals surface area contributed by atoms with Crippen LogP contribution < -0.4 is 5.32 Å². The molecule has 0 aliphatic carbocycles. The zero-order chi connectivity index (χ0) is 14.9. The Labute approximate surface area is 125 Å². The molecule has 2 aromatic rings. The van der Waals surface area contributed by atoms with Crippen molar-refractivity contribution in [2.45, 2.75) is 27.2 Å². The van der Waals surface area contributed by atoms with E-state index in [0.29, 0.717) is 15.4 Å². The zero-order valence-electron chi connectivity index (χ0n) is 11.4. The van der Waals surface area contributed by atoms with Crippen LogP contribution in [0, 0.1) is 13.8 Å². The lowest BCUT2D eigenvalue weighted by Crippen LogP contribution is -2.13. The van der Waals surface area contributed by atoms with Crippen LogP contribution in [-0.4, -0.2) is 17.0 Å². The molecular formula is C14H15NO3S2. The SMILES string of the molecule is CCc1ccsc1C(=O)Nc1sc(C)c(C)c1C(=O)O. The first kappa shape index (κ1) is 14.7. The molecule has 0 atom stereocenters. The van der Waals surface area contributed by atoms with Gasteiger partial charge in [0.2, 0.25) is 0 Å². The molecular weight excluding hydrogens is 294 g/mol. The molecule has 0 fully saturated rings. The van der Waals surface area contributed by atoms with Gasteiger partial charge in [0.1, 0.15) is 5.00 Å². The maximum atomic E-state index is 12.3. The number of amides is 1. The van der Waals surface area contributed by atoms with Gasteiger partial charge in [-0.25, -0.2) is 4.79 Å². The van der Waals surface area contributed by atoms with Crippen LogP contribution in [0.4, 0.5) is 5.00 Å². The first-order chi connectivity index (χ1) is 9.45. The minimum Gasteiger partial charge on any atom is -0.478 e. The molecule has 0 aliphatic heterocycles. The summed E-state index contributed by atoms with van der Waals surface area (Å²) in [4.78, 5) is 25.1. The predicted octanol–water partition coefficient (Wildman–Crippen LogP) is 3.94. The van der Waals surface area contributed by atoms with Gasteiger partial charge in [-0.05, 0) is 42.8 Å². The highest BCUT2D eigenvalue weighted by atomic mass is 32.1. The Hall–Kier alpha value is -1.66. The number of hydrogen-bond acceptors (Lipinski definition) is 4. The van der Waals surface area contributed by atoms with E-state index in [1.807, 2.05) is 25.3 Å². The van der Waals surface area contributed by atoms with Crippen LogP contribution in [-0.2, 0) is 6.42 Å². The molecule has 4 nitrogen and oxygen atoms in total. The van der Waals surface area contributed by atoms with Crippen molar-refractivity contribution < 1.29 is 14.7 Å². The third-order valence-electron chi connectivity index (χ3n) is 3.16.